The fraction of sp³-hybridized carbons (Fsp3) is 0.174. The molecule has 1 heterocycles. The molecule has 32 heavy (non-hydrogen) atoms. The van der Waals surface area contributed by atoms with Gasteiger partial charge in [0.05, 0.1) is 23.6 Å². The molecule has 0 saturated carbocycles. The number of anilines is 3. The van der Waals surface area contributed by atoms with E-state index < -0.39 is 9.84 Å². The second-order valence-electron chi connectivity index (χ2n) is 6.91. The minimum Gasteiger partial charge on any atom is -0.477 e. The molecule has 0 fully saturated rings. The maximum absolute atomic E-state index is 12.6. The van der Waals surface area contributed by atoms with Crippen molar-refractivity contribution in [2.45, 2.75) is 18.2 Å². The zero-order valence-corrected chi connectivity index (χ0v) is 18.4. The quantitative estimate of drug-likeness (QED) is 0.537. The van der Waals surface area contributed by atoms with Crippen LogP contribution in [-0.2, 0) is 21.1 Å². The first-order valence-corrected chi connectivity index (χ1v) is 11.7. The molecular weight excluding hydrogens is 428 g/mol. The van der Waals surface area contributed by atoms with Crippen LogP contribution in [0.15, 0.2) is 65.6 Å². The van der Waals surface area contributed by atoms with Crippen LogP contribution in [0.3, 0.4) is 0 Å². The van der Waals surface area contributed by atoms with Crippen LogP contribution in [0.4, 0.5) is 17.2 Å². The Bertz CT molecular complexity index is 1250. The number of hydrogen-bond acceptors (Lipinski definition) is 7. The van der Waals surface area contributed by atoms with Crippen LogP contribution in [0.5, 0.6) is 5.88 Å². The smallest absolute Gasteiger partial charge is 0.235 e. The van der Waals surface area contributed by atoms with E-state index in [0.29, 0.717) is 17.9 Å². The molecule has 0 saturated heterocycles. The molecule has 0 aliphatic rings. The molecule has 164 valence electrons. The zero-order valence-electron chi connectivity index (χ0n) is 17.6. The molecular formula is C23H22N4O4S. The number of ether oxygens (including phenoxy) is 1. The molecule has 0 aliphatic heterocycles. The van der Waals surface area contributed by atoms with E-state index in [1.165, 1.54) is 12.1 Å². The number of carbonyl (C=O) groups excluding carboxylic acids is 1. The van der Waals surface area contributed by atoms with Gasteiger partial charge in [-0.1, -0.05) is 30.3 Å². The van der Waals surface area contributed by atoms with E-state index in [0.717, 1.165) is 11.9 Å². The summed E-state index contributed by atoms with van der Waals surface area (Å²) in [4.78, 5) is 17.0. The third-order valence-corrected chi connectivity index (χ3v) is 5.54. The summed E-state index contributed by atoms with van der Waals surface area (Å²) < 4.78 is 28.7. The molecule has 8 nitrogen and oxygen atoms in total. The molecule has 3 aromatic rings. The number of hydrogen-bond donors (Lipinski definition) is 2. The Morgan fingerprint density at radius 3 is 2.41 bits per heavy atom. The molecule has 2 N–H and O–H groups in total. The van der Waals surface area contributed by atoms with Crippen molar-refractivity contribution in [3.8, 4) is 11.9 Å². The van der Waals surface area contributed by atoms with Gasteiger partial charge in [0.1, 0.15) is 17.5 Å². The maximum Gasteiger partial charge on any atom is 0.235 e. The predicted molar refractivity (Wildman–Crippen MR) is 122 cm³/mol. The average molecular weight is 451 g/mol. The Morgan fingerprint density at radius 1 is 1.12 bits per heavy atom. The van der Waals surface area contributed by atoms with E-state index in [4.69, 9.17) is 4.74 Å². The Hall–Kier alpha value is -3.90. The van der Waals surface area contributed by atoms with E-state index in [1.807, 2.05) is 30.3 Å². The van der Waals surface area contributed by atoms with Gasteiger partial charge in [0.25, 0.3) is 0 Å². The van der Waals surface area contributed by atoms with Crippen LogP contribution in [0.25, 0.3) is 0 Å². The van der Waals surface area contributed by atoms with Gasteiger partial charge < -0.3 is 15.4 Å². The molecule has 0 radical (unpaired) electrons. The minimum atomic E-state index is -3.30. The van der Waals surface area contributed by atoms with Crippen LogP contribution >= 0.6 is 0 Å². The molecule has 0 atom stereocenters. The number of sulfone groups is 1. The molecule has 1 aromatic heterocycles. The van der Waals surface area contributed by atoms with Gasteiger partial charge in [-0.05, 0) is 36.8 Å². The number of benzene rings is 2. The van der Waals surface area contributed by atoms with Crippen molar-refractivity contribution in [2.24, 2.45) is 0 Å². The number of carbonyl (C=O) groups is 1. The lowest BCUT2D eigenvalue weighted by molar-refractivity contribution is -0.115. The molecule has 0 unspecified atom stereocenters. The van der Waals surface area contributed by atoms with Crippen LogP contribution in [-0.4, -0.2) is 32.2 Å². The third-order valence-electron chi connectivity index (χ3n) is 4.42. The van der Waals surface area contributed by atoms with Gasteiger partial charge in [0.15, 0.2) is 9.84 Å². The molecule has 0 bridgehead atoms. The number of aromatic nitrogens is 1. The molecule has 1 amide bonds. The van der Waals surface area contributed by atoms with Crippen molar-refractivity contribution in [1.29, 1.82) is 5.26 Å². The van der Waals surface area contributed by atoms with Crippen LogP contribution in [0.1, 0.15) is 18.1 Å². The third kappa shape index (κ3) is 5.83. The number of amides is 1. The number of nitrogens with zero attached hydrogens (tertiary/aromatic N) is 2. The van der Waals surface area contributed by atoms with E-state index in [1.54, 1.807) is 25.1 Å². The molecule has 0 spiro atoms. The predicted octanol–water partition coefficient (Wildman–Crippen LogP) is 3.68. The van der Waals surface area contributed by atoms with Gasteiger partial charge in [-0.2, -0.15) is 10.2 Å². The zero-order chi connectivity index (χ0) is 23.1. The fourth-order valence-corrected chi connectivity index (χ4v) is 3.57. The summed E-state index contributed by atoms with van der Waals surface area (Å²) >= 11 is 0. The van der Waals surface area contributed by atoms with Gasteiger partial charge in [-0.15, -0.1) is 0 Å². The highest BCUT2D eigenvalue weighted by atomic mass is 32.2. The Labute approximate surface area is 186 Å². The Balaban J connectivity index is 1.83. The summed E-state index contributed by atoms with van der Waals surface area (Å²) in [5.74, 6) is -0.00482. The van der Waals surface area contributed by atoms with Gasteiger partial charge in [0.2, 0.25) is 11.8 Å². The number of para-hydroxylation sites is 1. The second-order valence-corrected chi connectivity index (χ2v) is 8.93. The fourth-order valence-electron chi connectivity index (χ4n) is 2.94. The highest BCUT2D eigenvalue weighted by Gasteiger charge is 2.16. The highest BCUT2D eigenvalue weighted by molar-refractivity contribution is 7.90. The summed E-state index contributed by atoms with van der Waals surface area (Å²) in [7, 11) is -3.30. The minimum absolute atomic E-state index is 0.0249. The van der Waals surface area contributed by atoms with Crippen molar-refractivity contribution in [2.75, 3.05) is 23.5 Å². The standard InChI is InChI=1S/C23H22N4O4S/c1-3-31-23-19(15-24)20(25-17-7-5-4-6-8-17)14-21(27-23)26-22(28)13-16-9-11-18(12-10-16)32(2,29)30/h4-12,14H,3,13H2,1-2H3,(H2,25,26,27,28). The first kappa shape index (κ1) is 22.8. The Kier molecular flexibility index (Phi) is 7.07. The highest BCUT2D eigenvalue weighted by Crippen LogP contribution is 2.30. The molecule has 3 rings (SSSR count). The number of nitrogens with one attached hydrogen (secondary N) is 2. The van der Waals surface area contributed by atoms with Crippen molar-refractivity contribution in [1.82, 2.24) is 4.98 Å². The lowest BCUT2D eigenvalue weighted by Crippen LogP contribution is -2.16. The van der Waals surface area contributed by atoms with E-state index in [9.17, 15) is 18.5 Å². The topological polar surface area (TPSA) is 121 Å². The van der Waals surface area contributed by atoms with Crippen LogP contribution in [0, 0.1) is 11.3 Å². The summed E-state index contributed by atoms with van der Waals surface area (Å²) in [5.41, 5.74) is 2.09. The van der Waals surface area contributed by atoms with Gasteiger partial charge in [0, 0.05) is 18.0 Å². The van der Waals surface area contributed by atoms with Gasteiger partial charge in [-0.3, -0.25) is 4.79 Å². The molecule has 0 aliphatic carbocycles. The SMILES string of the molecule is CCOc1nc(NC(=O)Cc2ccc(S(C)(=O)=O)cc2)cc(Nc2ccccc2)c1C#N. The van der Waals surface area contributed by atoms with Crippen LogP contribution < -0.4 is 15.4 Å². The monoisotopic (exact) mass is 450 g/mol. The normalized spacial score (nSPS) is 10.8. The lowest BCUT2D eigenvalue weighted by atomic mass is 10.1. The number of nitriles is 1. The number of rotatable bonds is 8. The lowest BCUT2D eigenvalue weighted by Gasteiger charge is -2.14. The summed E-state index contributed by atoms with van der Waals surface area (Å²) in [6.07, 6.45) is 1.15. The van der Waals surface area contributed by atoms with Crippen LogP contribution in [0.2, 0.25) is 0 Å². The van der Waals surface area contributed by atoms with E-state index in [2.05, 4.69) is 21.7 Å². The largest absolute Gasteiger partial charge is 0.477 e. The van der Waals surface area contributed by atoms with Crippen molar-refractivity contribution >= 4 is 32.9 Å². The van der Waals surface area contributed by atoms with Crippen molar-refractivity contribution in [3.63, 3.8) is 0 Å². The average Bonchev–Trinajstić information content (AvgIpc) is 2.74. The second kappa shape index (κ2) is 9.94. The molecule has 9 heteroatoms. The maximum atomic E-state index is 12.6. The van der Waals surface area contributed by atoms with Gasteiger partial charge >= 0.3 is 0 Å². The summed E-state index contributed by atoms with van der Waals surface area (Å²) in [6, 6.07) is 19.1. The van der Waals surface area contributed by atoms with Crippen molar-refractivity contribution < 1.29 is 17.9 Å². The Morgan fingerprint density at radius 2 is 1.81 bits per heavy atom. The van der Waals surface area contributed by atoms with Crippen molar-refractivity contribution in [3.05, 3.63) is 71.8 Å². The first-order valence-electron chi connectivity index (χ1n) is 9.79. The number of pyridine rings is 1. The first-order chi connectivity index (χ1) is 15.3. The van der Waals surface area contributed by atoms with Gasteiger partial charge in [-0.25, -0.2) is 8.42 Å². The summed E-state index contributed by atoms with van der Waals surface area (Å²) in [6.45, 7) is 2.08. The van der Waals surface area contributed by atoms with E-state index >= 15 is 0 Å². The van der Waals surface area contributed by atoms with E-state index in [-0.39, 0.29) is 34.5 Å². The molecule has 2 aromatic carbocycles. The summed E-state index contributed by atoms with van der Waals surface area (Å²) in [5, 5.41) is 15.5.